The molecule has 0 aliphatic heterocycles. The smallest absolute Gasteiger partial charge is 0.0976 e. The van der Waals surface area contributed by atoms with Crippen molar-refractivity contribution in [1.82, 2.24) is 5.32 Å². The zero-order valence-corrected chi connectivity index (χ0v) is 9.71. The molecule has 0 aliphatic carbocycles. The first-order valence-electron chi connectivity index (χ1n) is 5.29. The molecule has 0 fully saturated rings. The van der Waals surface area contributed by atoms with E-state index in [1.807, 2.05) is 13.8 Å². The molecule has 0 spiro atoms. The number of hydrogen-bond donors (Lipinski definition) is 1. The molecule has 3 heteroatoms. The van der Waals surface area contributed by atoms with Gasteiger partial charge in [-0.25, -0.2) is 0 Å². The minimum absolute atomic E-state index is 0.0813. The minimum Gasteiger partial charge on any atom is -0.381 e. The van der Waals surface area contributed by atoms with Crippen LogP contribution in [0.25, 0.3) is 0 Å². The van der Waals surface area contributed by atoms with Gasteiger partial charge in [0.1, 0.15) is 0 Å². The van der Waals surface area contributed by atoms with Gasteiger partial charge in [-0.1, -0.05) is 13.8 Å². The molecule has 1 atom stereocenters. The number of ether oxygens (including phenoxy) is 1. The van der Waals surface area contributed by atoms with Crippen LogP contribution in [0.2, 0.25) is 0 Å². The van der Waals surface area contributed by atoms with Crippen molar-refractivity contribution < 1.29 is 4.74 Å². The van der Waals surface area contributed by atoms with Crippen LogP contribution in [-0.4, -0.2) is 25.3 Å². The number of hydrogen-bond acceptors (Lipinski definition) is 3. The van der Waals surface area contributed by atoms with Crippen LogP contribution < -0.4 is 5.32 Å². The first-order valence-corrected chi connectivity index (χ1v) is 5.29. The van der Waals surface area contributed by atoms with Crippen LogP contribution in [0, 0.1) is 17.2 Å². The molecule has 0 amide bonds. The van der Waals surface area contributed by atoms with Crippen LogP contribution in [0.4, 0.5) is 0 Å². The minimum atomic E-state index is -0.0813. The van der Waals surface area contributed by atoms with E-state index in [-0.39, 0.29) is 6.04 Å². The van der Waals surface area contributed by atoms with Crippen LogP contribution in [0.3, 0.4) is 0 Å². The molecule has 0 aromatic carbocycles. The molecule has 1 unspecified atom stereocenters. The summed E-state index contributed by atoms with van der Waals surface area (Å²) in [6.07, 6.45) is 0.765. The molecule has 0 saturated heterocycles. The third kappa shape index (κ3) is 8.03. The van der Waals surface area contributed by atoms with E-state index in [0.29, 0.717) is 18.6 Å². The van der Waals surface area contributed by atoms with E-state index in [1.165, 1.54) is 0 Å². The largest absolute Gasteiger partial charge is 0.381 e. The second kappa shape index (κ2) is 7.78. The molecule has 0 aromatic heterocycles. The van der Waals surface area contributed by atoms with E-state index in [4.69, 9.17) is 10.00 Å². The Morgan fingerprint density at radius 1 is 1.29 bits per heavy atom. The predicted molar refractivity (Wildman–Crippen MR) is 57.9 cm³/mol. The fourth-order valence-electron chi connectivity index (χ4n) is 1.11. The van der Waals surface area contributed by atoms with Gasteiger partial charge < -0.3 is 4.74 Å². The van der Waals surface area contributed by atoms with Crippen LogP contribution in [0.1, 0.15) is 34.1 Å². The maximum atomic E-state index is 8.82. The second-order valence-corrected chi connectivity index (χ2v) is 4.26. The topological polar surface area (TPSA) is 45.0 Å². The Morgan fingerprint density at radius 3 is 2.36 bits per heavy atom. The highest BCUT2D eigenvalue weighted by Crippen LogP contribution is 1.97. The first-order chi connectivity index (χ1) is 6.56. The molecule has 0 radical (unpaired) electrons. The van der Waals surface area contributed by atoms with Gasteiger partial charge in [-0.15, -0.1) is 0 Å². The number of rotatable bonds is 7. The molecule has 0 aliphatic rings. The first kappa shape index (κ1) is 13.4. The molecule has 0 aromatic rings. The molecule has 3 nitrogen and oxygen atoms in total. The zero-order chi connectivity index (χ0) is 11.0. The summed E-state index contributed by atoms with van der Waals surface area (Å²) in [4.78, 5) is 0. The van der Waals surface area contributed by atoms with E-state index in [9.17, 15) is 0 Å². The van der Waals surface area contributed by atoms with Crippen LogP contribution >= 0.6 is 0 Å². The van der Waals surface area contributed by atoms with Gasteiger partial charge in [-0.05, 0) is 26.2 Å². The van der Waals surface area contributed by atoms with Gasteiger partial charge in [-0.3, -0.25) is 5.32 Å². The van der Waals surface area contributed by atoms with E-state index < -0.39 is 0 Å². The third-order valence-corrected chi connectivity index (χ3v) is 1.69. The highest BCUT2D eigenvalue weighted by Gasteiger charge is 2.07. The van der Waals surface area contributed by atoms with Crippen LogP contribution in [-0.2, 0) is 4.74 Å². The van der Waals surface area contributed by atoms with Gasteiger partial charge >= 0.3 is 0 Å². The number of nitriles is 1. The Bertz CT molecular complexity index is 173. The molecule has 14 heavy (non-hydrogen) atoms. The summed E-state index contributed by atoms with van der Waals surface area (Å²) in [5.74, 6) is 0.564. The van der Waals surface area contributed by atoms with Gasteiger partial charge in [-0.2, -0.15) is 5.26 Å². The molecule has 0 heterocycles. The third-order valence-electron chi connectivity index (χ3n) is 1.69. The summed E-state index contributed by atoms with van der Waals surface area (Å²) in [5, 5.41) is 12.0. The normalized spacial score (nSPS) is 13.2. The highest BCUT2D eigenvalue weighted by molar-refractivity contribution is 4.90. The second-order valence-electron chi connectivity index (χ2n) is 4.26. The maximum absolute atomic E-state index is 8.82. The molecular formula is C11H22N2O. The molecule has 0 saturated carbocycles. The Kier molecular flexibility index (Phi) is 7.45. The molecule has 82 valence electrons. The maximum Gasteiger partial charge on any atom is 0.0976 e. The lowest BCUT2D eigenvalue weighted by Crippen LogP contribution is -2.34. The predicted octanol–water partition coefficient (Wildman–Crippen LogP) is 1.94. The average Bonchev–Trinajstić information content (AvgIpc) is 2.09. The SMILES string of the molecule is CC(C)COCCC(C#N)NC(C)C. The fourth-order valence-corrected chi connectivity index (χ4v) is 1.11. The van der Waals surface area contributed by atoms with Crippen LogP contribution in [0.15, 0.2) is 0 Å². The van der Waals surface area contributed by atoms with Crippen LogP contribution in [0.5, 0.6) is 0 Å². The number of nitrogens with one attached hydrogen (secondary N) is 1. The monoisotopic (exact) mass is 198 g/mol. The van der Waals surface area contributed by atoms with Crippen molar-refractivity contribution in [1.29, 1.82) is 5.26 Å². The van der Waals surface area contributed by atoms with Crippen molar-refractivity contribution >= 4 is 0 Å². The average molecular weight is 198 g/mol. The van der Waals surface area contributed by atoms with E-state index in [1.54, 1.807) is 0 Å². The lowest BCUT2D eigenvalue weighted by Gasteiger charge is -2.14. The summed E-state index contributed by atoms with van der Waals surface area (Å²) in [5.41, 5.74) is 0. The fraction of sp³-hybridized carbons (Fsp3) is 0.909. The standard InChI is InChI=1S/C11H22N2O/c1-9(2)8-14-6-5-11(7-12)13-10(3)4/h9-11,13H,5-6,8H2,1-4H3. The van der Waals surface area contributed by atoms with Crippen molar-refractivity contribution in [2.75, 3.05) is 13.2 Å². The van der Waals surface area contributed by atoms with Crippen molar-refractivity contribution in [3.05, 3.63) is 0 Å². The Labute approximate surface area is 87.4 Å². The molecular weight excluding hydrogens is 176 g/mol. The zero-order valence-electron chi connectivity index (χ0n) is 9.71. The molecule has 0 bridgehead atoms. The van der Waals surface area contributed by atoms with Crippen molar-refractivity contribution in [3.63, 3.8) is 0 Å². The number of nitrogens with zero attached hydrogens (tertiary/aromatic N) is 1. The van der Waals surface area contributed by atoms with Crippen molar-refractivity contribution in [3.8, 4) is 6.07 Å². The summed E-state index contributed by atoms with van der Waals surface area (Å²) in [6.45, 7) is 9.76. The van der Waals surface area contributed by atoms with Crippen molar-refractivity contribution in [2.45, 2.75) is 46.2 Å². The van der Waals surface area contributed by atoms with E-state index in [2.05, 4.69) is 25.2 Å². The Balaban J connectivity index is 3.49. The summed E-state index contributed by atoms with van der Waals surface area (Å²) >= 11 is 0. The summed E-state index contributed by atoms with van der Waals surface area (Å²) in [7, 11) is 0. The highest BCUT2D eigenvalue weighted by atomic mass is 16.5. The van der Waals surface area contributed by atoms with Crippen molar-refractivity contribution in [2.24, 2.45) is 5.92 Å². The lowest BCUT2D eigenvalue weighted by molar-refractivity contribution is 0.104. The Morgan fingerprint density at radius 2 is 1.93 bits per heavy atom. The molecule has 1 N–H and O–H groups in total. The van der Waals surface area contributed by atoms with Gasteiger partial charge in [0.2, 0.25) is 0 Å². The van der Waals surface area contributed by atoms with E-state index >= 15 is 0 Å². The molecule has 0 rings (SSSR count). The lowest BCUT2D eigenvalue weighted by atomic mass is 10.2. The quantitative estimate of drug-likeness (QED) is 0.636. The van der Waals surface area contributed by atoms with Gasteiger partial charge in [0.25, 0.3) is 0 Å². The van der Waals surface area contributed by atoms with Gasteiger partial charge in [0.15, 0.2) is 0 Å². The summed E-state index contributed by atoms with van der Waals surface area (Å²) < 4.78 is 5.42. The summed E-state index contributed by atoms with van der Waals surface area (Å²) in [6, 6.07) is 2.50. The van der Waals surface area contributed by atoms with Gasteiger partial charge in [0, 0.05) is 19.3 Å². The Hall–Kier alpha value is -0.590. The van der Waals surface area contributed by atoms with E-state index in [0.717, 1.165) is 13.0 Å². The van der Waals surface area contributed by atoms with Gasteiger partial charge in [0.05, 0.1) is 12.1 Å².